The Morgan fingerprint density at radius 3 is 2.95 bits per heavy atom. The van der Waals surface area contributed by atoms with Gasteiger partial charge in [-0.2, -0.15) is 10.1 Å². The SMILES string of the molecule is Cn1ncc2c(=O)[nH]c(NC(=O)CC3CCCCC3)nc21. The fourth-order valence-electron chi connectivity index (χ4n) is 2.93. The third-order valence-electron chi connectivity index (χ3n) is 4.06. The Morgan fingerprint density at radius 2 is 2.19 bits per heavy atom. The van der Waals surface area contributed by atoms with Gasteiger partial charge in [0.2, 0.25) is 11.9 Å². The number of anilines is 1. The lowest BCUT2D eigenvalue weighted by molar-refractivity contribution is -0.117. The van der Waals surface area contributed by atoms with E-state index in [0.29, 0.717) is 23.4 Å². The molecule has 2 aromatic rings. The molecule has 7 nitrogen and oxygen atoms in total. The lowest BCUT2D eigenvalue weighted by Gasteiger charge is -2.20. The highest BCUT2D eigenvalue weighted by Gasteiger charge is 2.18. The van der Waals surface area contributed by atoms with Gasteiger partial charge in [0, 0.05) is 13.5 Å². The van der Waals surface area contributed by atoms with Crippen LogP contribution in [0.5, 0.6) is 0 Å². The van der Waals surface area contributed by atoms with Crippen LogP contribution in [0.3, 0.4) is 0 Å². The summed E-state index contributed by atoms with van der Waals surface area (Å²) in [5, 5.41) is 7.10. The van der Waals surface area contributed by atoms with Crippen LogP contribution in [0, 0.1) is 5.92 Å². The molecular formula is C14H19N5O2. The molecule has 3 rings (SSSR count). The van der Waals surface area contributed by atoms with Crippen molar-refractivity contribution in [3.05, 3.63) is 16.6 Å². The zero-order chi connectivity index (χ0) is 14.8. The van der Waals surface area contributed by atoms with E-state index in [0.717, 1.165) is 12.8 Å². The van der Waals surface area contributed by atoms with Crippen molar-refractivity contribution >= 4 is 22.9 Å². The van der Waals surface area contributed by atoms with Gasteiger partial charge >= 0.3 is 0 Å². The van der Waals surface area contributed by atoms with Crippen LogP contribution < -0.4 is 10.9 Å². The maximum absolute atomic E-state index is 12.1. The molecule has 0 spiro atoms. The Morgan fingerprint density at radius 1 is 1.43 bits per heavy atom. The number of fused-ring (bicyclic) bond motifs is 1. The highest BCUT2D eigenvalue weighted by Crippen LogP contribution is 2.26. The van der Waals surface area contributed by atoms with Crippen LogP contribution >= 0.6 is 0 Å². The average Bonchev–Trinajstić information content (AvgIpc) is 2.82. The van der Waals surface area contributed by atoms with Crippen LogP contribution in [-0.2, 0) is 11.8 Å². The average molecular weight is 289 g/mol. The second-order valence-corrected chi connectivity index (χ2v) is 5.68. The Balaban J connectivity index is 1.73. The Kier molecular flexibility index (Phi) is 3.72. The topological polar surface area (TPSA) is 92.7 Å². The number of hydrogen-bond donors (Lipinski definition) is 2. The summed E-state index contributed by atoms with van der Waals surface area (Å²) in [5.41, 5.74) is 0.174. The number of nitrogens with one attached hydrogen (secondary N) is 2. The van der Waals surface area contributed by atoms with Gasteiger partial charge in [-0.1, -0.05) is 19.3 Å². The number of H-pyrrole nitrogens is 1. The van der Waals surface area contributed by atoms with Crippen molar-refractivity contribution in [2.75, 3.05) is 5.32 Å². The lowest BCUT2D eigenvalue weighted by Crippen LogP contribution is -2.21. The van der Waals surface area contributed by atoms with Gasteiger partial charge in [-0.3, -0.25) is 24.6 Å². The number of aromatic amines is 1. The van der Waals surface area contributed by atoms with E-state index in [2.05, 4.69) is 20.4 Å². The molecule has 2 heterocycles. The number of amides is 1. The largest absolute Gasteiger partial charge is 0.296 e. The molecule has 1 fully saturated rings. The number of carbonyl (C=O) groups excluding carboxylic acids is 1. The predicted molar refractivity (Wildman–Crippen MR) is 79.0 cm³/mol. The summed E-state index contributed by atoms with van der Waals surface area (Å²) in [6.07, 6.45) is 7.85. The molecule has 0 saturated heterocycles. The first-order valence-corrected chi connectivity index (χ1v) is 7.35. The lowest BCUT2D eigenvalue weighted by atomic mass is 9.87. The summed E-state index contributed by atoms with van der Waals surface area (Å²) >= 11 is 0. The van der Waals surface area contributed by atoms with Crippen molar-refractivity contribution < 1.29 is 4.79 Å². The van der Waals surface area contributed by atoms with Gasteiger partial charge in [0.25, 0.3) is 5.56 Å². The van der Waals surface area contributed by atoms with Gasteiger partial charge < -0.3 is 0 Å². The van der Waals surface area contributed by atoms with E-state index in [4.69, 9.17) is 0 Å². The predicted octanol–water partition coefficient (Wildman–Crippen LogP) is 1.57. The van der Waals surface area contributed by atoms with E-state index >= 15 is 0 Å². The second kappa shape index (κ2) is 5.67. The van der Waals surface area contributed by atoms with E-state index in [1.807, 2.05) is 0 Å². The van der Waals surface area contributed by atoms with Gasteiger partial charge in [0.1, 0.15) is 5.39 Å². The summed E-state index contributed by atoms with van der Waals surface area (Å²) < 4.78 is 1.52. The van der Waals surface area contributed by atoms with Crippen molar-refractivity contribution in [1.29, 1.82) is 0 Å². The summed E-state index contributed by atoms with van der Waals surface area (Å²) in [6, 6.07) is 0. The molecule has 2 aromatic heterocycles. The molecule has 0 aromatic carbocycles. The third kappa shape index (κ3) is 2.96. The molecule has 0 unspecified atom stereocenters. The van der Waals surface area contributed by atoms with Gasteiger partial charge in [-0.25, -0.2) is 0 Å². The first-order chi connectivity index (χ1) is 10.1. The molecular weight excluding hydrogens is 270 g/mol. The van der Waals surface area contributed by atoms with Crippen molar-refractivity contribution in [2.24, 2.45) is 13.0 Å². The molecule has 1 aliphatic carbocycles. The zero-order valence-electron chi connectivity index (χ0n) is 12.1. The van der Waals surface area contributed by atoms with Gasteiger partial charge in [-0.05, 0) is 18.8 Å². The number of hydrogen-bond acceptors (Lipinski definition) is 4. The minimum atomic E-state index is -0.291. The Hall–Kier alpha value is -2.18. The van der Waals surface area contributed by atoms with Crippen LogP contribution in [0.1, 0.15) is 38.5 Å². The highest BCUT2D eigenvalue weighted by atomic mass is 16.2. The van der Waals surface area contributed by atoms with Crippen LogP contribution in [0.15, 0.2) is 11.0 Å². The number of carbonyl (C=O) groups is 1. The summed E-state index contributed by atoms with van der Waals surface area (Å²) in [4.78, 5) is 30.8. The molecule has 2 N–H and O–H groups in total. The minimum absolute atomic E-state index is 0.0911. The minimum Gasteiger partial charge on any atom is -0.296 e. The number of rotatable bonds is 3. The highest BCUT2D eigenvalue weighted by molar-refractivity contribution is 5.89. The van der Waals surface area contributed by atoms with E-state index in [1.54, 1.807) is 7.05 Å². The van der Waals surface area contributed by atoms with E-state index in [-0.39, 0.29) is 17.4 Å². The second-order valence-electron chi connectivity index (χ2n) is 5.68. The molecule has 1 saturated carbocycles. The molecule has 7 heteroatoms. The van der Waals surface area contributed by atoms with Crippen molar-refractivity contribution in [3.8, 4) is 0 Å². The maximum Gasteiger partial charge on any atom is 0.263 e. The first-order valence-electron chi connectivity index (χ1n) is 7.35. The fourth-order valence-corrected chi connectivity index (χ4v) is 2.93. The molecule has 0 bridgehead atoms. The van der Waals surface area contributed by atoms with Gasteiger partial charge in [-0.15, -0.1) is 0 Å². The zero-order valence-corrected chi connectivity index (χ0v) is 12.1. The van der Waals surface area contributed by atoms with Crippen molar-refractivity contribution in [1.82, 2.24) is 19.7 Å². The van der Waals surface area contributed by atoms with Crippen LogP contribution in [0.2, 0.25) is 0 Å². The molecule has 0 aliphatic heterocycles. The molecule has 112 valence electrons. The normalized spacial score (nSPS) is 16.2. The molecule has 1 amide bonds. The summed E-state index contributed by atoms with van der Waals surface area (Å²) in [5.74, 6) is 0.550. The number of aryl methyl sites for hydroxylation is 1. The van der Waals surface area contributed by atoms with E-state index in [9.17, 15) is 9.59 Å². The van der Waals surface area contributed by atoms with Gasteiger partial charge in [0.05, 0.1) is 6.20 Å². The van der Waals surface area contributed by atoms with E-state index < -0.39 is 0 Å². The smallest absolute Gasteiger partial charge is 0.263 e. The quantitative estimate of drug-likeness (QED) is 0.897. The van der Waals surface area contributed by atoms with E-state index in [1.165, 1.54) is 30.1 Å². The monoisotopic (exact) mass is 289 g/mol. The Bertz CT molecular complexity index is 712. The maximum atomic E-state index is 12.1. The first kappa shape index (κ1) is 13.8. The molecule has 21 heavy (non-hydrogen) atoms. The summed E-state index contributed by atoms with van der Waals surface area (Å²) in [7, 11) is 1.71. The molecule has 0 atom stereocenters. The third-order valence-corrected chi connectivity index (χ3v) is 4.06. The standard InChI is InChI=1S/C14H19N5O2/c1-19-12-10(8-15-19)13(21)18-14(17-12)16-11(20)7-9-5-3-2-4-6-9/h8-9H,2-7H2,1H3,(H2,16,17,18,20,21). The Labute approximate surface area is 121 Å². The van der Waals surface area contributed by atoms with Crippen molar-refractivity contribution in [3.63, 3.8) is 0 Å². The summed E-state index contributed by atoms with van der Waals surface area (Å²) in [6.45, 7) is 0. The fraction of sp³-hybridized carbons (Fsp3) is 0.571. The van der Waals surface area contributed by atoms with Crippen molar-refractivity contribution in [2.45, 2.75) is 38.5 Å². The molecule has 1 aliphatic rings. The van der Waals surface area contributed by atoms with Crippen LogP contribution in [0.4, 0.5) is 5.95 Å². The molecule has 0 radical (unpaired) electrons. The number of aromatic nitrogens is 4. The van der Waals surface area contributed by atoms with Crippen LogP contribution in [-0.4, -0.2) is 25.7 Å². The van der Waals surface area contributed by atoms with Gasteiger partial charge in [0.15, 0.2) is 5.65 Å². The van der Waals surface area contributed by atoms with Crippen LogP contribution in [0.25, 0.3) is 11.0 Å². The number of nitrogens with zero attached hydrogens (tertiary/aromatic N) is 3.